The number of hydrogen-bond acceptors (Lipinski definition) is 2. The molecule has 0 aliphatic rings. The van der Waals surface area contributed by atoms with E-state index in [1.54, 1.807) is 12.1 Å². The van der Waals surface area contributed by atoms with Crippen LogP contribution in [-0.4, -0.2) is 15.3 Å². The van der Waals surface area contributed by atoms with Crippen molar-refractivity contribution in [2.45, 2.75) is 46.3 Å². The van der Waals surface area contributed by atoms with Crippen LogP contribution in [0.1, 0.15) is 37.6 Å². The topological polar surface area (TPSA) is 29.9 Å². The van der Waals surface area contributed by atoms with E-state index in [0.717, 1.165) is 17.8 Å². The monoisotopic (exact) mass is 353 g/mol. The Labute approximate surface area is 133 Å². The van der Waals surface area contributed by atoms with Crippen molar-refractivity contribution in [2.24, 2.45) is 0 Å². The lowest BCUT2D eigenvalue weighted by molar-refractivity contribution is 0.423. The Bertz CT molecular complexity index is 629. The molecule has 0 aliphatic carbocycles. The minimum absolute atomic E-state index is 0.0797. The Morgan fingerprint density at radius 1 is 1.33 bits per heavy atom. The Balaban J connectivity index is 2.11. The van der Waals surface area contributed by atoms with Gasteiger partial charge >= 0.3 is 0 Å². The summed E-state index contributed by atoms with van der Waals surface area (Å²) in [5.74, 6) is -0.244. The molecule has 2 aromatic rings. The summed E-state index contributed by atoms with van der Waals surface area (Å²) in [5.41, 5.74) is 3.42. The Hall–Kier alpha value is -1.20. The minimum atomic E-state index is -0.244. The fraction of sp³-hybridized carbons (Fsp3) is 0.438. The highest BCUT2D eigenvalue weighted by molar-refractivity contribution is 9.10. The van der Waals surface area contributed by atoms with E-state index < -0.39 is 0 Å². The van der Waals surface area contributed by atoms with Crippen molar-refractivity contribution in [1.29, 1.82) is 0 Å². The third-order valence-electron chi connectivity index (χ3n) is 3.33. The number of aromatic nitrogens is 2. The van der Waals surface area contributed by atoms with Gasteiger partial charge in [-0.2, -0.15) is 5.10 Å². The van der Waals surface area contributed by atoms with Crippen molar-refractivity contribution in [3.63, 3.8) is 0 Å². The molecule has 1 N–H and O–H groups in total. The van der Waals surface area contributed by atoms with Crippen LogP contribution < -0.4 is 5.32 Å². The average Bonchev–Trinajstić information content (AvgIpc) is 2.72. The maximum Gasteiger partial charge on any atom is 0.137 e. The van der Waals surface area contributed by atoms with Crippen molar-refractivity contribution in [3.8, 4) is 0 Å². The lowest BCUT2D eigenvalue weighted by Crippen LogP contribution is -2.35. The number of hydrogen-bond donors (Lipinski definition) is 1. The lowest BCUT2D eigenvalue weighted by Gasteiger charge is -2.20. The Morgan fingerprint density at radius 3 is 2.67 bits per heavy atom. The summed E-state index contributed by atoms with van der Waals surface area (Å²) in [6.45, 7) is 9.92. The molecule has 1 aromatic carbocycles. The Kier molecular flexibility index (Phi) is 4.84. The van der Waals surface area contributed by atoms with E-state index in [-0.39, 0.29) is 11.4 Å². The van der Waals surface area contributed by atoms with Crippen molar-refractivity contribution in [1.82, 2.24) is 15.1 Å². The Morgan fingerprint density at radius 2 is 2.05 bits per heavy atom. The first-order valence-electron chi connectivity index (χ1n) is 6.96. The maximum absolute atomic E-state index is 13.3. The SMILES string of the molecule is Cc1c(CNC(C)(C)C)cnn1Cc1ccc(F)c(Br)c1. The summed E-state index contributed by atoms with van der Waals surface area (Å²) in [7, 11) is 0. The lowest BCUT2D eigenvalue weighted by atomic mass is 10.1. The normalized spacial score (nSPS) is 11.9. The van der Waals surface area contributed by atoms with Crippen LogP contribution in [0.2, 0.25) is 0 Å². The van der Waals surface area contributed by atoms with Gasteiger partial charge in [0.2, 0.25) is 0 Å². The van der Waals surface area contributed by atoms with E-state index >= 15 is 0 Å². The van der Waals surface area contributed by atoms with Crippen LogP contribution in [0.3, 0.4) is 0 Å². The van der Waals surface area contributed by atoms with Crippen LogP contribution in [0.5, 0.6) is 0 Å². The van der Waals surface area contributed by atoms with Gasteiger partial charge in [-0.15, -0.1) is 0 Å². The largest absolute Gasteiger partial charge is 0.308 e. The fourth-order valence-corrected chi connectivity index (χ4v) is 2.42. The van der Waals surface area contributed by atoms with Crippen LogP contribution in [0, 0.1) is 12.7 Å². The summed E-state index contributed by atoms with van der Waals surface area (Å²) >= 11 is 3.22. The fourth-order valence-electron chi connectivity index (χ4n) is 1.99. The van der Waals surface area contributed by atoms with E-state index in [0.29, 0.717) is 11.0 Å². The van der Waals surface area contributed by atoms with E-state index in [1.165, 1.54) is 11.6 Å². The number of rotatable bonds is 4. The maximum atomic E-state index is 13.3. The molecule has 1 aromatic heterocycles. The zero-order valence-corrected chi connectivity index (χ0v) is 14.5. The summed E-state index contributed by atoms with van der Waals surface area (Å²) < 4.78 is 15.7. The van der Waals surface area contributed by atoms with E-state index in [9.17, 15) is 4.39 Å². The molecule has 0 saturated carbocycles. The van der Waals surface area contributed by atoms with E-state index in [1.807, 2.05) is 10.9 Å². The van der Waals surface area contributed by atoms with Gasteiger partial charge in [-0.05, 0) is 61.3 Å². The molecule has 0 fully saturated rings. The van der Waals surface area contributed by atoms with Gasteiger partial charge in [0.15, 0.2) is 0 Å². The molecule has 0 unspecified atom stereocenters. The molecule has 3 nitrogen and oxygen atoms in total. The highest BCUT2D eigenvalue weighted by Crippen LogP contribution is 2.18. The van der Waals surface area contributed by atoms with Gasteiger partial charge in [-0.25, -0.2) is 4.39 Å². The molecule has 0 saturated heterocycles. The molecule has 5 heteroatoms. The average molecular weight is 354 g/mol. The van der Waals surface area contributed by atoms with Gasteiger partial charge < -0.3 is 5.32 Å². The molecule has 2 rings (SSSR count). The summed E-state index contributed by atoms with van der Waals surface area (Å²) in [5, 5.41) is 7.89. The molecule has 0 radical (unpaired) electrons. The first-order chi connectivity index (χ1) is 9.76. The first-order valence-corrected chi connectivity index (χ1v) is 7.76. The highest BCUT2D eigenvalue weighted by Gasteiger charge is 2.12. The molecule has 1 heterocycles. The zero-order chi connectivity index (χ0) is 15.6. The zero-order valence-electron chi connectivity index (χ0n) is 12.9. The third-order valence-corrected chi connectivity index (χ3v) is 3.94. The second kappa shape index (κ2) is 6.28. The molecule has 0 atom stereocenters. The number of benzene rings is 1. The molecule has 0 spiro atoms. The van der Waals surface area contributed by atoms with Crippen LogP contribution in [0.15, 0.2) is 28.9 Å². The quantitative estimate of drug-likeness (QED) is 0.899. The molecule has 0 aliphatic heterocycles. The number of nitrogens with zero attached hydrogens (tertiary/aromatic N) is 2. The van der Waals surface area contributed by atoms with Crippen molar-refractivity contribution in [2.75, 3.05) is 0 Å². The first kappa shape index (κ1) is 16.2. The summed E-state index contributed by atoms with van der Waals surface area (Å²) in [4.78, 5) is 0. The van der Waals surface area contributed by atoms with Crippen LogP contribution >= 0.6 is 15.9 Å². The van der Waals surface area contributed by atoms with Gasteiger partial charge in [0.25, 0.3) is 0 Å². The molecular formula is C16H21BrFN3. The van der Waals surface area contributed by atoms with Gasteiger partial charge in [0.1, 0.15) is 5.82 Å². The van der Waals surface area contributed by atoms with Gasteiger partial charge in [0, 0.05) is 23.3 Å². The molecule has 0 bridgehead atoms. The van der Waals surface area contributed by atoms with Gasteiger partial charge in [-0.3, -0.25) is 4.68 Å². The minimum Gasteiger partial charge on any atom is -0.308 e. The molecular weight excluding hydrogens is 333 g/mol. The van der Waals surface area contributed by atoms with Crippen molar-refractivity contribution in [3.05, 3.63) is 51.5 Å². The van der Waals surface area contributed by atoms with Crippen molar-refractivity contribution >= 4 is 15.9 Å². The van der Waals surface area contributed by atoms with E-state index in [4.69, 9.17) is 0 Å². The highest BCUT2D eigenvalue weighted by atomic mass is 79.9. The van der Waals surface area contributed by atoms with Crippen LogP contribution in [0.25, 0.3) is 0 Å². The number of halogens is 2. The van der Waals surface area contributed by atoms with Crippen LogP contribution in [0.4, 0.5) is 4.39 Å². The summed E-state index contributed by atoms with van der Waals surface area (Å²) in [6, 6.07) is 5.05. The standard InChI is InChI=1S/C16H21BrFN3/c1-11-13(8-19-16(2,3)4)9-20-21(11)10-12-5-6-15(18)14(17)7-12/h5-7,9,19H,8,10H2,1-4H3. The molecule has 0 amide bonds. The van der Waals surface area contributed by atoms with Gasteiger partial charge in [0.05, 0.1) is 17.2 Å². The van der Waals surface area contributed by atoms with Crippen molar-refractivity contribution < 1.29 is 4.39 Å². The van der Waals surface area contributed by atoms with E-state index in [2.05, 4.69) is 54.0 Å². The predicted octanol–water partition coefficient (Wildman–Crippen LogP) is 4.03. The summed E-state index contributed by atoms with van der Waals surface area (Å²) in [6.07, 6.45) is 1.90. The number of nitrogens with one attached hydrogen (secondary N) is 1. The third kappa shape index (κ3) is 4.38. The second-order valence-electron chi connectivity index (χ2n) is 6.26. The molecule has 21 heavy (non-hydrogen) atoms. The predicted molar refractivity (Wildman–Crippen MR) is 86.8 cm³/mol. The van der Waals surface area contributed by atoms with Crippen LogP contribution in [-0.2, 0) is 13.1 Å². The smallest absolute Gasteiger partial charge is 0.137 e. The van der Waals surface area contributed by atoms with Gasteiger partial charge in [-0.1, -0.05) is 6.07 Å². The molecule has 114 valence electrons. The second-order valence-corrected chi connectivity index (χ2v) is 7.12.